The molecular formula is C38H56N8O4. The summed E-state index contributed by atoms with van der Waals surface area (Å²) in [6.45, 7) is 20.6. The van der Waals surface area contributed by atoms with E-state index in [0.717, 1.165) is 79.0 Å². The fourth-order valence-corrected chi connectivity index (χ4v) is 5.65. The molecule has 2 heterocycles. The van der Waals surface area contributed by atoms with Gasteiger partial charge in [0, 0.05) is 44.4 Å². The normalized spacial score (nSPS) is 11.9. The standard InChI is InChI=1S/C20H30N4O2.C18H26N4O2/c1-15(2)9-10-23(16(3)4)11-12-24-14-21-18-13-17(5-7-19(18)24)6-8-20(25)22-26;1-3-9-21(10-4-2)11-12-22-14-19-16-13-15(5-7-17(16)22)6-8-18(23)20-24/h5-8,13-16,26H,9-12H2,1-4H3,(H,22,25);5-8,13-14,24H,3-4,9-12H2,1-2H3,(H,20,23). The van der Waals surface area contributed by atoms with Gasteiger partial charge in [0.15, 0.2) is 0 Å². The number of hydrogen-bond acceptors (Lipinski definition) is 8. The number of imidazole rings is 2. The first-order valence-corrected chi connectivity index (χ1v) is 17.7. The number of rotatable bonds is 18. The zero-order chi connectivity index (χ0) is 36.5. The van der Waals surface area contributed by atoms with Crippen molar-refractivity contribution in [2.24, 2.45) is 5.92 Å². The summed E-state index contributed by atoms with van der Waals surface area (Å²) >= 11 is 0. The molecule has 4 N–H and O–H groups in total. The molecule has 0 atom stereocenters. The molecule has 0 bridgehead atoms. The van der Waals surface area contributed by atoms with Crippen molar-refractivity contribution in [3.05, 3.63) is 72.3 Å². The zero-order valence-electron chi connectivity index (χ0n) is 30.5. The van der Waals surface area contributed by atoms with E-state index in [9.17, 15) is 9.59 Å². The number of hydroxylamine groups is 2. The van der Waals surface area contributed by atoms with E-state index in [2.05, 4.69) is 70.4 Å². The highest BCUT2D eigenvalue weighted by Gasteiger charge is 2.12. The lowest BCUT2D eigenvalue weighted by Crippen LogP contribution is -2.35. The van der Waals surface area contributed by atoms with Crippen LogP contribution in [0.2, 0.25) is 0 Å². The van der Waals surface area contributed by atoms with Crippen LogP contribution in [0.15, 0.2) is 61.2 Å². The van der Waals surface area contributed by atoms with E-state index < -0.39 is 11.8 Å². The second kappa shape index (κ2) is 21.0. The van der Waals surface area contributed by atoms with E-state index >= 15 is 0 Å². The first-order valence-electron chi connectivity index (χ1n) is 17.7. The molecule has 2 aromatic carbocycles. The summed E-state index contributed by atoms with van der Waals surface area (Å²) < 4.78 is 4.34. The Balaban J connectivity index is 0.000000271. The lowest BCUT2D eigenvalue weighted by Gasteiger charge is -2.27. The molecular weight excluding hydrogens is 632 g/mol. The van der Waals surface area contributed by atoms with Crippen molar-refractivity contribution in [2.75, 3.05) is 32.7 Å². The van der Waals surface area contributed by atoms with Gasteiger partial charge >= 0.3 is 0 Å². The van der Waals surface area contributed by atoms with Crippen LogP contribution in [0.5, 0.6) is 0 Å². The molecule has 0 aliphatic carbocycles. The van der Waals surface area contributed by atoms with Gasteiger partial charge < -0.3 is 14.0 Å². The van der Waals surface area contributed by atoms with Gasteiger partial charge in [-0.2, -0.15) is 0 Å². The first-order chi connectivity index (χ1) is 24.1. The molecule has 4 aromatic rings. The fourth-order valence-electron chi connectivity index (χ4n) is 5.65. The van der Waals surface area contributed by atoms with Crippen LogP contribution in [0.25, 0.3) is 34.2 Å². The van der Waals surface area contributed by atoms with E-state index in [0.29, 0.717) is 12.0 Å². The van der Waals surface area contributed by atoms with Crippen LogP contribution in [0.4, 0.5) is 0 Å². The average Bonchev–Trinajstić information content (AvgIpc) is 3.71. The van der Waals surface area contributed by atoms with Crippen LogP contribution < -0.4 is 11.0 Å². The van der Waals surface area contributed by atoms with Crippen LogP contribution in [-0.2, 0) is 22.7 Å². The van der Waals surface area contributed by atoms with Crippen LogP contribution in [0.1, 0.15) is 71.9 Å². The van der Waals surface area contributed by atoms with Gasteiger partial charge in [0.05, 0.1) is 34.7 Å². The van der Waals surface area contributed by atoms with Crippen molar-refractivity contribution in [1.29, 1.82) is 0 Å². The highest BCUT2D eigenvalue weighted by Crippen LogP contribution is 2.18. The second-order valence-corrected chi connectivity index (χ2v) is 13.1. The number of nitrogens with one attached hydrogen (secondary N) is 2. The number of aromatic nitrogens is 4. The maximum atomic E-state index is 11.1. The average molecular weight is 689 g/mol. The number of benzene rings is 2. The number of carbonyl (C=O) groups excluding carboxylic acids is 2. The number of carbonyl (C=O) groups is 2. The third-order valence-electron chi connectivity index (χ3n) is 8.45. The van der Waals surface area contributed by atoms with Crippen molar-refractivity contribution in [3.8, 4) is 0 Å². The van der Waals surface area contributed by atoms with Crippen molar-refractivity contribution < 1.29 is 20.0 Å². The predicted octanol–water partition coefficient (Wildman–Crippen LogP) is 5.99. The number of hydrogen-bond donors (Lipinski definition) is 4. The number of amides is 2. The molecule has 0 radical (unpaired) electrons. The maximum Gasteiger partial charge on any atom is 0.267 e. The minimum Gasteiger partial charge on any atom is -0.329 e. The lowest BCUT2D eigenvalue weighted by molar-refractivity contribution is -0.124. The summed E-state index contributed by atoms with van der Waals surface area (Å²) in [5.74, 6) is -0.386. The first kappa shape index (κ1) is 40.1. The van der Waals surface area contributed by atoms with Gasteiger partial charge in [-0.15, -0.1) is 0 Å². The Morgan fingerprint density at radius 1 is 0.740 bits per heavy atom. The highest BCUT2D eigenvalue weighted by atomic mass is 16.5. The second-order valence-electron chi connectivity index (χ2n) is 13.1. The van der Waals surface area contributed by atoms with Crippen molar-refractivity contribution in [2.45, 2.75) is 79.9 Å². The summed E-state index contributed by atoms with van der Waals surface area (Å²) in [4.78, 5) is 36.1. The molecule has 4 rings (SSSR count). The van der Waals surface area contributed by atoms with Gasteiger partial charge in [-0.05, 0) is 106 Å². The molecule has 0 aliphatic rings. The molecule has 0 saturated carbocycles. The minimum atomic E-state index is -0.550. The Kier molecular flexibility index (Phi) is 16.8. The molecule has 12 nitrogen and oxygen atoms in total. The van der Waals surface area contributed by atoms with Gasteiger partial charge in [-0.1, -0.05) is 39.8 Å². The Morgan fingerprint density at radius 2 is 1.22 bits per heavy atom. The van der Waals surface area contributed by atoms with E-state index in [1.807, 2.05) is 49.1 Å². The topological polar surface area (TPSA) is 141 Å². The monoisotopic (exact) mass is 688 g/mol. The molecule has 12 heteroatoms. The zero-order valence-corrected chi connectivity index (χ0v) is 30.5. The minimum absolute atomic E-state index is 0.526. The Morgan fingerprint density at radius 3 is 1.64 bits per heavy atom. The molecule has 2 amide bonds. The smallest absolute Gasteiger partial charge is 0.267 e. The number of fused-ring (bicyclic) bond motifs is 2. The van der Waals surface area contributed by atoms with E-state index in [1.54, 1.807) is 23.1 Å². The van der Waals surface area contributed by atoms with Crippen molar-refractivity contribution in [1.82, 2.24) is 39.9 Å². The molecule has 50 heavy (non-hydrogen) atoms. The summed E-state index contributed by atoms with van der Waals surface area (Å²) in [5.41, 5.74) is 8.87. The predicted molar refractivity (Wildman–Crippen MR) is 201 cm³/mol. The van der Waals surface area contributed by atoms with Crippen LogP contribution in [-0.4, -0.2) is 89.9 Å². The largest absolute Gasteiger partial charge is 0.329 e. The van der Waals surface area contributed by atoms with E-state index in [-0.39, 0.29) is 0 Å². The van der Waals surface area contributed by atoms with E-state index in [1.165, 1.54) is 31.4 Å². The van der Waals surface area contributed by atoms with Gasteiger partial charge in [0.2, 0.25) is 0 Å². The molecule has 0 fully saturated rings. The Labute approximate surface area is 296 Å². The van der Waals surface area contributed by atoms with Crippen molar-refractivity contribution >= 4 is 46.0 Å². The Hall–Kier alpha value is -4.36. The molecule has 0 saturated heterocycles. The molecule has 0 unspecified atom stereocenters. The van der Waals surface area contributed by atoms with Gasteiger partial charge in [0.25, 0.3) is 11.8 Å². The van der Waals surface area contributed by atoms with Gasteiger partial charge in [-0.25, -0.2) is 20.9 Å². The van der Waals surface area contributed by atoms with E-state index in [4.69, 9.17) is 10.4 Å². The quantitative estimate of drug-likeness (QED) is 0.0568. The summed E-state index contributed by atoms with van der Waals surface area (Å²) in [5, 5.41) is 17.0. The number of nitrogens with zero attached hydrogens (tertiary/aromatic N) is 6. The van der Waals surface area contributed by atoms with Crippen molar-refractivity contribution in [3.63, 3.8) is 0 Å². The van der Waals surface area contributed by atoms with Crippen LogP contribution in [0.3, 0.4) is 0 Å². The fraction of sp³-hybridized carbons (Fsp3) is 0.474. The van der Waals surface area contributed by atoms with Gasteiger partial charge in [0.1, 0.15) is 0 Å². The maximum absolute atomic E-state index is 11.1. The third-order valence-corrected chi connectivity index (χ3v) is 8.45. The molecule has 0 aliphatic heterocycles. The van der Waals surface area contributed by atoms with Gasteiger partial charge in [-0.3, -0.25) is 24.9 Å². The Bertz CT molecular complexity index is 1680. The lowest BCUT2D eigenvalue weighted by atomic mass is 10.1. The SMILES string of the molecule is CC(C)CCN(CCn1cnc2cc(C=CC(=O)NO)ccc21)C(C)C.CCCN(CCC)CCn1cnc2cc(C=CC(=O)NO)ccc21. The van der Waals surface area contributed by atoms with Crippen LogP contribution in [0, 0.1) is 5.92 Å². The molecule has 0 spiro atoms. The highest BCUT2D eigenvalue weighted by molar-refractivity contribution is 5.92. The summed E-state index contributed by atoms with van der Waals surface area (Å²) in [6, 6.07) is 12.3. The summed E-state index contributed by atoms with van der Waals surface area (Å²) in [7, 11) is 0. The third kappa shape index (κ3) is 12.8. The summed E-state index contributed by atoms with van der Waals surface area (Å²) in [6.07, 6.45) is 13.2. The molecule has 2 aromatic heterocycles. The van der Waals surface area contributed by atoms with Crippen LogP contribution >= 0.6 is 0 Å². The molecule has 272 valence electrons.